The van der Waals surface area contributed by atoms with Crippen LogP contribution in [0.4, 0.5) is 0 Å². The van der Waals surface area contributed by atoms with Crippen molar-refractivity contribution in [2.24, 2.45) is 0 Å². The molecule has 2 aliphatic heterocycles. The van der Waals surface area contributed by atoms with Gasteiger partial charge >= 0.3 is 0 Å². The zero-order valence-electron chi connectivity index (χ0n) is 11.3. The molecule has 0 aromatic heterocycles. The minimum absolute atomic E-state index is 0.326. The van der Waals surface area contributed by atoms with E-state index >= 15 is 0 Å². The minimum Gasteiger partial charge on any atom is -0.381 e. The van der Waals surface area contributed by atoms with Crippen LogP contribution in [0.15, 0.2) is 0 Å². The molecule has 0 bridgehead atoms. The average molecular weight is 254 g/mol. The fourth-order valence-electron chi connectivity index (χ4n) is 2.79. The summed E-state index contributed by atoms with van der Waals surface area (Å²) in [6.07, 6.45) is 7.69. The molecule has 4 heteroatoms. The molecule has 0 aromatic rings. The smallest absolute Gasteiger partial charge is 0.223 e. The Morgan fingerprint density at radius 3 is 2.78 bits per heavy atom. The van der Waals surface area contributed by atoms with Gasteiger partial charge < -0.3 is 15.0 Å². The van der Waals surface area contributed by atoms with Gasteiger partial charge in [0.05, 0.1) is 0 Å². The van der Waals surface area contributed by atoms with E-state index in [2.05, 4.69) is 5.32 Å². The van der Waals surface area contributed by atoms with Crippen molar-refractivity contribution < 1.29 is 9.53 Å². The average Bonchev–Trinajstić information content (AvgIpc) is 2.68. The lowest BCUT2D eigenvalue weighted by atomic mass is 10.1. The Labute approximate surface area is 110 Å². The number of carbonyl (C=O) groups is 1. The SMILES string of the molecule is O=C(CCNC1CCCOCC1)N1CCCCC1. The maximum atomic E-state index is 12.0. The Kier molecular flexibility index (Phi) is 5.94. The lowest BCUT2D eigenvalue weighted by Crippen LogP contribution is -2.38. The number of carbonyl (C=O) groups excluding carboxylic acids is 1. The molecule has 0 radical (unpaired) electrons. The van der Waals surface area contributed by atoms with Crippen LogP contribution in [0.3, 0.4) is 0 Å². The Hall–Kier alpha value is -0.610. The summed E-state index contributed by atoms with van der Waals surface area (Å²) in [5, 5.41) is 3.50. The largest absolute Gasteiger partial charge is 0.381 e. The first-order chi connectivity index (χ1) is 8.86. The molecule has 1 amide bonds. The molecule has 0 saturated carbocycles. The fraction of sp³-hybridized carbons (Fsp3) is 0.929. The number of amides is 1. The summed E-state index contributed by atoms with van der Waals surface area (Å²) < 4.78 is 5.43. The van der Waals surface area contributed by atoms with Gasteiger partial charge in [-0.05, 0) is 38.5 Å². The molecule has 1 N–H and O–H groups in total. The molecule has 18 heavy (non-hydrogen) atoms. The van der Waals surface area contributed by atoms with Gasteiger partial charge in [0.2, 0.25) is 5.91 Å². The molecule has 4 nitrogen and oxygen atoms in total. The van der Waals surface area contributed by atoms with Crippen molar-refractivity contribution in [1.29, 1.82) is 0 Å². The van der Waals surface area contributed by atoms with E-state index in [0.29, 0.717) is 18.4 Å². The van der Waals surface area contributed by atoms with Gasteiger partial charge in [-0.25, -0.2) is 0 Å². The van der Waals surface area contributed by atoms with Crippen molar-refractivity contribution in [2.75, 3.05) is 32.8 Å². The topological polar surface area (TPSA) is 41.6 Å². The molecule has 0 aromatic carbocycles. The van der Waals surface area contributed by atoms with Crippen LogP contribution in [-0.2, 0) is 9.53 Å². The molecule has 0 aliphatic carbocycles. The summed E-state index contributed by atoms with van der Waals surface area (Å²) >= 11 is 0. The Morgan fingerprint density at radius 1 is 1.11 bits per heavy atom. The standard InChI is InChI=1S/C14H26N2O2/c17-14(16-9-2-1-3-10-16)6-8-15-13-5-4-11-18-12-7-13/h13,15H,1-12H2. The van der Waals surface area contributed by atoms with Gasteiger partial charge in [0.25, 0.3) is 0 Å². The van der Waals surface area contributed by atoms with Crippen molar-refractivity contribution >= 4 is 5.91 Å². The van der Waals surface area contributed by atoms with Crippen LogP contribution in [0.5, 0.6) is 0 Å². The fourth-order valence-corrected chi connectivity index (χ4v) is 2.79. The molecule has 1 unspecified atom stereocenters. The molecular formula is C14H26N2O2. The second kappa shape index (κ2) is 7.74. The van der Waals surface area contributed by atoms with Gasteiger partial charge in [-0.1, -0.05) is 0 Å². The van der Waals surface area contributed by atoms with Crippen molar-refractivity contribution in [3.8, 4) is 0 Å². The molecule has 2 rings (SSSR count). The number of hydrogen-bond donors (Lipinski definition) is 1. The third-order valence-corrected chi connectivity index (χ3v) is 3.93. The normalized spacial score (nSPS) is 25.8. The van der Waals surface area contributed by atoms with Crippen LogP contribution in [0, 0.1) is 0 Å². The Morgan fingerprint density at radius 2 is 1.94 bits per heavy atom. The van der Waals surface area contributed by atoms with Gasteiger partial charge in [-0.2, -0.15) is 0 Å². The van der Waals surface area contributed by atoms with E-state index in [9.17, 15) is 4.79 Å². The summed E-state index contributed by atoms with van der Waals surface area (Å²) in [5.74, 6) is 0.326. The maximum absolute atomic E-state index is 12.0. The van der Waals surface area contributed by atoms with Crippen molar-refractivity contribution in [1.82, 2.24) is 10.2 Å². The second-order valence-corrected chi connectivity index (χ2v) is 5.39. The van der Waals surface area contributed by atoms with Crippen LogP contribution < -0.4 is 5.32 Å². The van der Waals surface area contributed by atoms with Gasteiger partial charge in [0.1, 0.15) is 0 Å². The summed E-state index contributed by atoms with van der Waals surface area (Å²) in [6.45, 7) is 4.51. The van der Waals surface area contributed by atoms with Crippen molar-refractivity contribution in [2.45, 2.75) is 51.0 Å². The van der Waals surface area contributed by atoms with Gasteiger partial charge in [-0.3, -0.25) is 4.79 Å². The number of nitrogens with one attached hydrogen (secondary N) is 1. The predicted octanol–water partition coefficient (Wildman–Crippen LogP) is 1.55. The summed E-state index contributed by atoms with van der Waals surface area (Å²) in [4.78, 5) is 14.0. The van der Waals surface area contributed by atoms with E-state index in [1.165, 1.54) is 25.7 Å². The van der Waals surface area contributed by atoms with Crippen LogP contribution in [0.25, 0.3) is 0 Å². The molecular weight excluding hydrogens is 228 g/mol. The van der Waals surface area contributed by atoms with E-state index < -0.39 is 0 Å². The number of likely N-dealkylation sites (tertiary alicyclic amines) is 1. The first kappa shape index (κ1) is 13.8. The molecule has 1 atom stereocenters. The Balaban J connectivity index is 1.60. The van der Waals surface area contributed by atoms with Crippen LogP contribution in [0.1, 0.15) is 44.9 Å². The van der Waals surface area contributed by atoms with Crippen molar-refractivity contribution in [3.63, 3.8) is 0 Å². The molecule has 2 heterocycles. The van der Waals surface area contributed by atoms with Crippen LogP contribution >= 0.6 is 0 Å². The number of ether oxygens (including phenoxy) is 1. The van der Waals surface area contributed by atoms with E-state index in [1.807, 2.05) is 4.90 Å². The Bertz CT molecular complexity index is 244. The minimum atomic E-state index is 0.326. The third-order valence-electron chi connectivity index (χ3n) is 3.93. The highest BCUT2D eigenvalue weighted by Gasteiger charge is 2.17. The lowest BCUT2D eigenvalue weighted by molar-refractivity contribution is -0.132. The first-order valence-electron chi connectivity index (χ1n) is 7.45. The molecule has 2 fully saturated rings. The highest BCUT2D eigenvalue weighted by atomic mass is 16.5. The molecule has 0 spiro atoms. The van der Waals surface area contributed by atoms with Crippen molar-refractivity contribution in [3.05, 3.63) is 0 Å². The monoisotopic (exact) mass is 254 g/mol. The van der Waals surface area contributed by atoms with Gasteiger partial charge in [0.15, 0.2) is 0 Å². The van der Waals surface area contributed by atoms with Crippen LogP contribution in [-0.4, -0.2) is 49.7 Å². The summed E-state index contributed by atoms with van der Waals surface area (Å²) in [7, 11) is 0. The zero-order valence-corrected chi connectivity index (χ0v) is 11.3. The number of piperidine rings is 1. The van der Waals surface area contributed by atoms with E-state index in [1.54, 1.807) is 0 Å². The van der Waals surface area contributed by atoms with E-state index in [4.69, 9.17) is 4.74 Å². The molecule has 2 saturated heterocycles. The highest BCUT2D eigenvalue weighted by Crippen LogP contribution is 2.10. The number of hydrogen-bond acceptors (Lipinski definition) is 3. The van der Waals surface area contributed by atoms with Gasteiger partial charge in [0, 0.05) is 45.3 Å². The molecule has 104 valence electrons. The summed E-state index contributed by atoms with van der Waals surface area (Å²) in [6, 6.07) is 0.543. The number of nitrogens with zero attached hydrogens (tertiary/aromatic N) is 1. The van der Waals surface area contributed by atoms with E-state index in [0.717, 1.165) is 45.7 Å². The first-order valence-corrected chi connectivity index (χ1v) is 7.45. The van der Waals surface area contributed by atoms with E-state index in [-0.39, 0.29) is 0 Å². The predicted molar refractivity (Wildman–Crippen MR) is 71.5 cm³/mol. The highest BCUT2D eigenvalue weighted by molar-refractivity contribution is 5.76. The zero-order chi connectivity index (χ0) is 12.6. The number of rotatable bonds is 4. The second-order valence-electron chi connectivity index (χ2n) is 5.39. The molecule has 2 aliphatic rings. The quantitative estimate of drug-likeness (QED) is 0.827. The van der Waals surface area contributed by atoms with Crippen LogP contribution in [0.2, 0.25) is 0 Å². The lowest BCUT2D eigenvalue weighted by Gasteiger charge is -2.27. The maximum Gasteiger partial charge on any atom is 0.223 e. The summed E-state index contributed by atoms with van der Waals surface area (Å²) in [5.41, 5.74) is 0. The van der Waals surface area contributed by atoms with Gasteiger partial charge in [-0.15, -0.1) is 0 Å². The third kappa shape index (κ3) is 4.58.